The predicted octanol–water partition coefficient (Wildman–Crippen LogP) is 1.35. The van der Waals surface area contributed by atoms with Crippen LogP contribution in [0.2, 0.25) is 0 Å². The fourth-order valence-electron chi connectivity index (χ4n) is 3.52. The van der Waals surface area contributed by atoms with Gasteiger partial charge in [-0.2, -0.15) is 5.10 Å². The van der Waals surface area contributed by atoms with E-state index in [2.05, 4.69) is 15.5 Å². The number of aromatic amines is 1. The quantitative estimate of drug-likeness (QED) is 0.781. The second-order valence-corrected chi connectivity index (χ2v) is 6.64. The molecule has 7 nitrogen and oxygen atoms in total. The SMILES string of the molecule is Cl.O=C(c1n[nH]c2c1CNCC2)N1CCN(C(=O)c2c(F)cccc2F)CC1. The average Bonchev–Trinajstić information content (AvgIpc) is 3.11. The van der Waals surface area contributed by atoms with Gasteiger partial charge in [-0.25, -0.2) is 8.78 Å². The van der Waals surface area contributed by atoms with Gasteiger partial charge in [0.25, 0.3) is 11.8 Å². The Labute approximate surface area is 166 Å². The Hall–Kier alpha value is -2.52. The van der Waals surface area contributed by atoms with Crippen LogP contribution in [0.4, 0.5) is 8.78 Å². The normalized spacial score (nSPS) is 16.4. The third kappa shape index (κ3) is 3.59. The zero-order valence-electron chi connectivity index (χ0n) is 15.0. The first-order valence-electron chi connectivity index (χ1n) is 8.85. The summed E-state index contributed by atoms with van der Waals surface area (Å²) in [6, 6.07) is 3.34. The molecule has 1 fully saturated rings. The van der Waals surface area contributed by atoms with Crippen LogP contribution in [0, 0.1) is 11.6 Å². The molecule has 3 heterocycles. The summed E-state index contributed by atoms with van der Waals surface area (Å²) in [5, 5.41) is 10.3. The Balaban J connectivity index is 0.00000225. The minimum absolute atomic E-state index is 0. The van der Waals surface area contributed by atoms with E-state index in [1.54, 1.807) is 4.90 Å². The summed E-state index contributed by atoms with van der Waals surface area (Å²) in [5.41, 5.74) is 1.71. The van der Waals surface area contributed by atoms with Crippen LogP contribution in [0.5, 0.6) is 0 Å². The van der Waals surface area contributed by atoms with Gasteiger partial charge in [0.15, 0.2) is 5.69 Å². The number of H-pyrrole nitrogens is 1. The molecular formula is C18H20ClF2N5O2. The Morgan fingerprint density at radius 1 is 1.00 bits per heavy atom. The molecule has 0 spiro atoms. The monoisotopic (exact) mass is 411 g/mol. The summed E-state index contributed by atoms with van der Waals surface area (Å²) in [6.45, 7) is 2.44. The van der Waals surface area contributed by atoms with Crippen LogP contribution >= 0.6 is 12.4 Å². The molecule has 2 aromatic rings. The van der Waals surface area contributed by atoms with Crippen molar-refractivity contribution in [1.29, 1.82) is 0 Å². The molecule has 0 radical (unpaired) electrons. The summed E-state index contributed by atoms with van der Waals surface area (Å²) in [6.07, 6.45) is 0.798. The highest BCUT2D eigenvalue weighted by atomic mass is 35.5. The number of nitrogens with zero attached hydrogens (tertiary/aromatic N) is 3. The number of hydrogen-bond acceptors (Lipinski definition) is 4. The molecule has 2 N–H and O–H groups in total. The molecule has 0 bridgehead atoms. The van der Waals surface area contributed by atoms with Crippen molar-refractivity contribution in [1.82, 2.24) is 25.3 Å². The van der Waals surface area contributed by atoms with Crippen molar-refractivity contribution < 1.29 is 18.4 Å². The molecule has 0 aliphatic carbocycles. The topological polar surface area (TPSA) is 81.3 Å². The third-order valence-electron chi connectivity index (χ3n) is 5.04. The first-order chi connectivity index (χ1) is 13.1. The molecule has 1 saturated heterocycles. The number of halogens is 3. The van der Waals surface area contributed by atoms with Crippen molar-refractivity contribution in [2.45, 2.75) is 13.0 Å². The Bertz CT molecular complexity index is 876. The number of nitrogens with one attached hydrogen (secondary N) is 2. The number of aromatic nitrogens is 2. The van der Waals surface area contributed by atoms with Gasteiger partial charge >= 0.3 is 0 Å². The molecule has 10 heteroatoms. The third-order valence-corrected chi connectivity index (χ3v) is 5.04. The molecule has 1 aromatic heterocycles. The predicted molar refractivity (Wildman–Crippen MR) is 99.4 cm³/mol. The summed E-state index contributed by atoms with van der Waals surface area (Å²) < 4.78 is 27.7. The second kappa shape index (κ2) is 8.24. The summed E-state index contributed by atoms with van der Waals surface area (Å²) in [7, 11) is 0. The highest BCUT2D eigenvalue weighted by Gasteiger charge is 2.31. The van der Waals surface area contributed by atoms with E-state index in [9.17, 15) is 18.4 Å². The van der Waals surface area contributed by atoms with E-state index in [4.69, 9.17) is 0 Å². The Morgan fingerprint density at radius 3 is 2.25 bits per heavy atom. The van der Waals surface area contributed by atoms with Crippen LogP contribution in [0.25, 0.3) is 0 Å². The molecule has 0 unspecified atom stereocenters. The van der Waals surface area contributed by atoms with Crippen LogP contribution in [-0.2, 0) is 13.0 Å². The van der Waals surface area contributed by atoms with Gasteiger partial charge in [-0.05, 0) is 12.1 Å². The molecular weight excluding hydrogens is 392 g/mol. The van der Waals surface area contributed by atoms with Crippen LogP contribution in [-0.4, -0.2) is 64.5 Å². The number of rotatable bonds is 2. The van der Waals surface area contributed by atoms with Gasteiger partial charge in [-0.3, -0.25) is 14.7 Å². The molecule has 2 aliphatic heterocycles. The van der Waals surface area contributed by atoms with Crippen molar-refractivity contribution in [3.8, 4) is 0 Å². The van der Waals surface area contributed by atoms with Crippen molar-refractivity contribution in [2.75, 3.05) is 32.7 Å². The highest BCUT2D eigenvalue weighted by molar-refractivity contribution is 5.96. The molecule has 4 rings (SSSR count). The molecule has 1 aromatic carbocycles. The lowest BCUT2D eigenvalue weighted by Crippen LogP contribution is -2.51. The molecule has 28 heavy (non-hydrogen) atoms. The smallest absolute Gasteiger partial charge is 0.274 e. The van der Waals surface area contributed by atoms with Gasteiger partial charge in [0.1, 0.15) is 17.2 Å². The largest absolute Gasteiger partial charge is 0.335 e. The lowest BCUT2D eigenvalue weighted by atomic mass is 10.1. The zero-order chi connectivity index (χ0) is 19.0. The summed E-state index contributed by atoms with van der Waals surface area (Å²) in [5.74, 6) is -2.65. The zero-order valence-corrected chi connectivity index (χ0v) is 15.8. The van der Waals surface area contributed by atoms with Crippen LogP contribution in [0.1, 0.15) is 32.1 Å². The lowest BCUT2D eigenvalue weighted by molar-refractivity contribution is 0.0526. The fraction of sp³-hybridized carbons (Fsp3) is 0.389. The minimum Gasteiger partial charge on any atom is -0.335 e. The number of piperazine rings is 1. The van der Waals surface area contributed by atoms with Crippen molar-refractivity contribution in [2.24, 2.45) is 0 Å². The first-order valence-corrected chi connectivity index (χ1v) is 8.85. The maximum Gasteiger partial charge on any atom is 0.274 e. The Kier molecular flexibility index (Phi) is 5.95. The van der Waals surface area contributed by atoms with Gasteiger partial charge in [-0.15, -0.1) is 12.4 Å². The van der Waals surface area contributed by atoms with Crippen molar-refractivity contribution in [3.63, 3.8) is 0 Å². The van der Waals surface area contributed by atoms with Crippen LogP contribution in [0.3, 0.4) is 0 Å². The molecule has 0 atom stereocenters. The van der Waals surface area contributed by atoms with E-state index < -0.39 is 23.1 Å². The molecule has 150 valence electrons. The van der Waals surface area contributed by atoms with Gasteiger partial charge in [0.2, 0.25) is 0 Å². The van der Waals surface area contributed by atoms with Gasteiger partial charge in [-0.1, -0.05) is 6.07 Å². The molecule has 2 aliphatic rings. The van der Waals surface area contributed by atoms with Crippen LogP contribution < -0.4 is 5.32 Å². The number of hydrogen-bond donors (Lipinski definition) is 2. The summed E-state index contributed by atoms with van der Waals surface area (Å²) >= 11 is 0. The number of carbonyl (C=O) groups excluding carboxylic acids is 2. The number of amides is 2. The number of fused-ring (bicyclic) bond motifs is 1. The summed E-state index contributed by atoms with van der Waals surface area (Å²) in [4.78, 5) is 28.2. The standard InChI is InChI=1S/C18H19F2N5O2.ClH/c19-12-2-1-3-13(20)15(12)17(26)24-6-8-25(9-7-24)18(27)16-11-10-21-5-4-14(11)22-23-16;/h1-3,21H,4-10H2,(H,22,23);1H. The lowest BCUT2D eigenvalue weighted by Gasteiger charge is -2.34. The average molecular weight is 412 g/mol. The maximum atomic E-state index is 13.8. The van der Waals surface area contributed by atoms with E-state index in [-0.39, 0.29) is 44.5 Å². The highest BCUT2D eigenvalue weighted by Crippen LogP contribution is 2.19. The maximum absolute atomic E-state index is 13.8. The van der Waals surface area contributed by atoms with E-state index in [1.165, 1.54) is 11.0 Å². The van der Waals surface area contributed by atoms with E-state index in [1.807, 2.05) is 0 Å². The number of benzene rings is 1. The molecule has 0 saturated carbocycles. The number of carbonyl (C=O) groups is 2. The van der Waals surface area contributed by atoms with E-state index in [0.717, 1.165) is 36.4 Å². The van der Waals surface area contributed by atoms with E-state index in [0.29, 0.717) is 12.2 Å². The van der Waals surface area contributed by atoms with Gasteiger partial charge in [0, 0.05) is 56.9 Å². The van der Waals surface area contributed by atoms with E-state index >= 15 is 0 Å². The molecule has 2 amide bonds. The van der Waals surface area contributed by atoms with Crippen LogP contribution in [0.15, 0.2) is 18.2 Å². The van der Waals surface area contributed by atoms with Gasteiger partial charge < -0.3 is 15.1 Å². The first kappa shape index (κ1) is 20.2. The fourth-order valence-corrected chi connectivity index (χ4v) is 3.52. The van der Waals surface area contributed by atoms with Crippen molar-refractivity contribution in [3.05, 3.63) is 52.3 Å². The minimum atomic E-state index is -0.880. The van der Waals surface area contributed by atoms with Crippen molar-refractivity contribution >= 4 is 24.2 Å². The Morgan fingerprint density at radius 2 is 1.61 bits per heavy atom. The van der Waals surface area contributed by atoms with Gasteiger partial charge in [0.05, 0.1) is 0 Å². The second-order valence-electron chi connectivity index (χ2n) is 6.64.